The molecule has 4 nitrogen and oxygen atoms in total. The van der Waals surface area contributed by atoms with Gasteiger partial charge in [-0.15, -0.1) is 0 Å². The van der Waals surface area contributed by atoms with Gasteiger partial charge >= 0.3 is 0 Å². The topological polar surface area (TPSA) is 49.4 Å². The summed E-state index contributed by atoms with van der Waals surface area (Å²) in [6, 6.07) is 23.9. The Hall–Kier alpha value is -2.82. The van der Waals surface area contributed by atoms with E-state index in [9.17, 15) is 9.59 Å². The zero-order valence-corrected chi connectivity index (χ0v) is 19.4. The molecule has 0 saturated heterocycles. The van der Waals surface area contributed by atoms with Gasteiger partial charge in [0.05, 0.1) is 16.5 Å². The van der Waals surface area contributed by atoms with E-state index in [1.165, 1.54) is 0 Å². The molecule has 3 rings (SSSR count). The zero-order valence-electron chi connectivity index (χ0n) is 17.9. The number of benzene rings is 3. The van der Waals surface area contributed by atoms with Crippen LogP contribution in [0.25, 0.3) is 0 Å². The summed E-state index contributed by atoms with van der Waals surface area (Å²) in [5, 5.41) is 3.73. The molecule has 1 N–H and O–H groups in total. The van der Waals surface area contributed by atoms with Crippen molar-refractivity contribution in [3.63, 3.8) is 0 Å². The van der Waals surface area contributed by atoms with E-state index in [2.05, 4.69) is 5.32 Å². The van der Waals surface area contributed by atoms with Crippen LogP contribution in [0.1, 0.15) is 23.6 Å². The van der Waals surface area contributed by atoms with E-state index >= 15 is 0 Å². The number of carbonyl (C=O) groups excluding carboxylic acids is 2. The number of amides is 2. The van der Waals surface area contributed by atoms with Crippen LogP contribution in [0, 0.1) is 0 Å². The quantitative estimate of drug-likeness (QED) is 0.462. The maximum atomic E-state index is 13.5. The van der Waals surface area contributed by atoms with Gasteiger partial charge in [0, 0.05) is 19.5 Å². The van der Waals surface area contributed by atoms with Crippen LogP contribution in [-0.2, 0) is 29.0 Å². The lowest BCUT2D eigenvalue weighted by Gasteiger charge is -2.31. The second kappa shape index (κ2) is 11.7. The Morgan fingerprint density at radius 1 is 0.844 bits per heavy atom. The van der Waals surface area contributed by atoms with Gasteiger partial charge in [0.25, 0.3) is 0 Å². The first-order chi connectivity index (χ1) is 15.5. The van der Waals surface area contributed by atoms with Gasteiger partial charge in [-0.1, -0.05) is 89.9 Å². The Morgan fingerprint density at radius 2 is 1.47 bits per heavy atom. The molecule has 0 fully saturated rings. The van der Waals surface area contributed by atoms with Crippen molar-refractivity contribution in [2.45, 2.75) is 32.4 Å². The predicted molar refractivity (Wildman–Crippen MR) is 130 cm³/mol. The van der Waals surface area contributed by atoms with Crippen LogP contribution in [0.15, 0.2) is 78.9 Å². The second-order valence-corrected chi connectivity index (χ2v) is 8.35. The molecule has 0 aliphatic carbocycles. The molecular formula is C26H26Cl2N2O2. The van der Waals surface area contributed by atoms with Crippen LogP contribution in [0.4, 0.5) is 0 Å². The van der Waals surface area contributed by atoms with E-state index in [-0.39, 0.29) is 18.2 Å². The molecule has 3 aromatic carbocycles. The molecule has 1 atom stereocenters. The Labute approximate surface area is 199 Å². The Balaban J connectivity index is 1.94. The zero-order chi connectivity index (χ0) is 22.9. The standard InChI is InChI=1S/C26H26Cl2N2O2/c1-2-29-26(32)24(16-19-9-5-3-6-10-19)30(18-20-11-7-4-8-12-20)25(31)17-21-13-14-22(27)23(28)15-21/h3-15,24H,2,16-18H2,1H3,(H,29,32)/t24-/m0/s1. The molecule has 0 spiro atoms. The largest absolute Gasteiger partial charge is 0.355 e. The van der Waals surface area contributed by atoms with Gasteiger partial charge in [-0.05, 0) is 35.7 Å². The molecule has 166 valence electrons. The van der Waals surface area contributed by atoms with Crippen molar-refractivity contribution < 1.29 is 9.59 Å². The maximum absolute atomic E-state index is 13.5. The number of carbonyl (C=O) groups is 2. The van der Waals surface area contributed by atoms with E-state index in [4.69, 9.17) is 23.2 Å². The number of hydrogen-bond acceptors (Lipinski definition) is 2. The minimum absolute atomic E-state index is 0.119. The molecule has 3 aromatic rings. The van der Waals surface area contributed by atoms with E-state index in [0.717, 1.165) is 16.7 Å². The first kappa shape index (κ1) is 23.8. The molecule has 2 amide bonds. The summed E-state index contributed by atoms with van der Waals surface area (Å²) in [6.07, 6.45) is 0.543. The lowest BCUT2D eigenvalue weighted by atomic mass is 10.0. The van der Waals surface area contributed by atoms with Crippen molar-refractivity contribution in [1.29, 1.82) is 0 Å². The Bertz CT molecular complexity index is 1040. The normalized spacial score (nSPS) is 11.6. The third-order valence-corrected chi connectivity index (χ3v) is 5.90. The Morgan fingerprint density at radius 3 is 2.06 bits per heavy atom. The van der Waals surface area contributed by atoms with Gasteiger partial charge in [0.2, 0.25) is 11.8 Å². The molecule has 0 aliphatic rings. The predicted octanol–water partition coefficient (Wildman–Crippen LogP) is 5.31. The van der Waals surface area contributed by atoms with Gasteiger partial charge in [0.1, 0.15) is 6.04 Å². The van der Waals surface area contributed by atoms with Gasteiger partial charge in [-0.2, -0.15) is 0 Å². The number of rotatable bonds is 9. The van der Waals surface area contributed by atoms with E-state index in [1.807, 2.05) is 67.6 Å². The van der Waals surface area contributed by atoms with Gasteiger partial charge < -0.3 is 10.2 Å². The summed E-state index contributed by atoms with van der Waals surface area (Å²) in [4.78, 5) is 28.3. The first-order valence-electron chi connectivity index (χ1n) is 10.6. The highest BCUT2D eigenvalue weighted by atomic mass is 35.5. The smallest absolute Gasteiger partial charge is 0.243 e. The van der Waals surface area contributed by atoms with E-state index < -0.39 is 6.04 Å². The molecule has 0 aliphatic heterocycles. The molecule has 0 saturated carbocycles. The summed E-state index contributed by atoms with van der Waals surface area (Å²) >= 11 is 12.2. The van der Waals surface area contributed by atoms with Gasteiger partial charge in [0.15, 0.2) is 0 Å². The minimum Gasteiger partial charge on any atom is -0.355 e. The molecule has 32 heavy (non-hydrogen) atoms. The number of hydrogen-bond donors (Lipinski definition) is 1. The van der Waals surface area contributed by atoms with Crippen LogP contribution < -0.4 is 5.32 Å². The molecular weight excluding hydrogens is 443 g/mol. The SMILES string of the molecule is CCNC(=O)[C@H](Cc1ccccc1)N(Cc1ccccc1)C(=O)Cc1ccc(Cl)c(Cl)c1. The fourth-order valence-corrected chi connectivity index (χ4v) is 3.87. The van der Waals surface area contributed by atoms with Crippen LogP contribution in [-0.4, -0.2) is 29.3 Å². The van der Waals surface area contributed by atoms with Crippen molar-refractivity contribution in [2.75, 3.05) is 6.54 Å². The van der Waals surface area contributed by atoms with Crippen molar-refractivity contribution >= 4 is 35.0 Å². The van der Waals surface area contributed by atoms with Crippen molar-refractivity contribution in [1.82, 2.24) is 10.2 Å². The maximum Gasteiger partial charge on any atom is 0.243 e. The summed E-state index contributed by atoms with van der Waals surface area (Å²) in [7, 11) is 0. The molecule has 0 radical (unpaired) electrons. The van der Waals surface area contributed by atoms with Crippen LogP contribution in [0.5, 0.6) is 0 Å². The lowest BCUT2D eigenvalue weighted by Crippen LogP contribution is -2.50. The number of nitrogens with zero attached hydrogens (tertiary/aromatic N) is 1. The fraction of sp³-hybridized carbons (Fsp3) is 0.231. The third-order valence-electron chi connectivity index (χ3n) is 5.16. The summed E-state index contributed by atoms with van der Waals surface area (Å²) in [6.45, 7) is 2.69. The van der Waals surface area contributed by atoms with E-state index in [0.29, 0.717) is 29.6 Å². The molecule has 0 unspecified atom stereocenters. The monoisotopic (exact) mass is 468 g/mol. The molecule has 6 heteroatoms. The van der Waals surface area contributed by atoms with Crippen molar-refractivity contribution in [2.24, 2.45) is 0 Å². The molecule has 0 aromatic heterocycles. The van der Waals surface area contributed by atoms with Crippen LogP contribution in [0.3, 0.4) is 0 Å². The van der Waals surface area contributed by atoms with E-state index in [1.54, 1.807) is 23.1 Å². The Kier molecular flexibility index (Phi) is 8.72. The summed E-state index contributed by atoms with van der Waals surface area (Å²) in [5.41, 5.74) is 2.69. The summed E-state index contributed by atoms with van der Waals surface area (Å²) in [5.74, 6) is -0.325. The van der Waals surface area contributed by atoms with Crippen LogP contribution >= 0.6 is 23.2 Å². The fourth-order valence-electron chi connectivity index (χ4n) is 3.55. The van der Waals surface area contributed by atoms with Crippen molar-refractivity contribution in [3.8, 4) is 0 Å². The molecule has 0 bridgehead atoms. The lowest BCUT2D eigenvalue weighted by molar-refractivity contribution is -0.140. The molecule has 0 heterocycles. The highest BCUT2D eigenvalue weighted by Gasteiger charge is 2.30. The second-order valence-electron chi connectivity index (χ2n) is 7.53. The number of nitrogens with one attached hydrogen (secondary N) is 1. The number of halogens is 2. The highest BCUT2D eigenvalue weighted by Crippen LogP contribution is 2.24. The third kappa shape index (κ3) is 6.59. The number of likely N-dealkylation sites (N-methyl/N-ethyl adjacent to an activating group) is 1. The van der Waals surface area contributed by atoms with Crippen LogP contribution in [0.2, 0.25) is 10.0 Å². The average molecular weight is 469 g/mol. The average Bonchev–Trinajstić information content (AvgIpc) is 2.80. The highest BCUT2D eigenvalue weighted by molar-refractivity contribution is 6.42. The van der Waals surface area contributed by atoms with Gasteiger partial charge in [-0.3, -0.25) is 9.59 Å². The minimum atomic E-state index is -0.646. The van der Waals surface area contributed by atoms with Crippen molar-refractivity contribution in [3.05, 3.63) is 106 Å². The summed E-state index contributed by atoms with van der Waals surface area (Å²) < 4.78 is 0. The first-order valence-corrected chi connectivity index (χ1v) is 11.3. The van der Waals surface area contributed by atoms with Gasteiger partial charge in [-0.25, -0.2) is 0 Å².